The van der Waals surface area contributed by atoms with Crippen molar-refractivity contribution in [3.8, 4) is 5.75 Å². The van der Waals surface area contributed by atoms with Gasteiger partial charge in [0.1, 0.15) is 24.0 Å². The van der Waals surface area contributed by atoms with Crippen LogP contribution < -0.4 is 10.1 Å². The zero-order valence-electron chi connectivity index (χ0n) is 13.9. The summed E-state index contributed by atoms with van der Waals surface area (Å²) in [5, 5.41) is 2.97. The first-order valence-corrected chi connectivity index (χ1v) is 8.09. The molecule has 1 unspecified atom stereocenters. The number of anilines is 1. The molecule has 2 rings (SSSR count). The van der Waals surface area contributed by atoms with Crippen LogP contribution in [0.4, 0.5) is 14.5 Å². The minimum atomic E-state index is -0.815. The number of ether oxygens (including phenoxy) is 1. The van der Waals surface area contributed by atoms with Crippen LogP contribution in [-0.4, -0.2) is 37.0 Å². The van der Waals surface area contributed by atoms with Crippen molar-refractivity contribution >= 4 is 23.2 Å². The highest BCUT2D eigenvalue weighted by Gasteiger charge is 2.19. The van der Waals surface area contributed by atoms with E-state index in [4.69, 9.17) is 16.3 Å². The quantitative estimate of drug-likeness (QED) is 0.804. The predicted octanol–water partition coefficient (Wildman–Crippen LogP) is 3.96. The third kappa shape index (κ3) is 5.41. The Hall–Kier alpha value is -2.18. The van der Waals surface area contributed by atoms with Crippen molar-refractivity contribution in [3.63, 3.8) is 0 Å². The van der Waals surface area contributed by atoms with Gasteiger partial charge in [-0.15, -0.1) is 0 Å². The average molecular weight is 369 g/mol. The average Bonchev–Trinajstić information content (AvgIpc) is 2.58. The molecule has 2 aromatic carbocycles. The summed E-state index contributed by atoms with van der Waals surface area (Å²) in [5.41, 5.74) is -0.0565. The molecule has 1 amide bonds. The minimum absolute atomic E-state index is 0.0565. The molecule has 0 bridgehead atoms. The number of hydrogen-bond acceptors (Lipinski definition) is 3. The van der Waals surface area contributed by atoms with E-state index in [0.717, 1.165) is 12.1 Å². The summed E-state index contributed by atoms with van der Waals surface area (Å²) < 4.78 is 32.1. The second-order valence-electron chi connectivity index (χ2n) is 5.55. The Morgan fingerprint density at radius 3 is 2.68 bits per heavy atom. The number of rotatable bonds is 7. The van der Waals surface area contributed by atoms with Gasteiger partial charge in [0.2, 0.25) is 5.91 Å². The molecule has 0 saturated heterocycles. The standard InChI is InChI=1S/C18H19ClF2N2O2/c1-12(18(24)22-16-8-7-13(20)11-15(16)21)23(2)9-10-25-17-6-4-3-5-14(17)19/h3-8,11-12H,9-10H2,1-2H3,(H,22,24). The van der Waals surface area contributed by atoms with Crippen LogP contribution in [0.3, 0.4) is 0 Å². The first kappa shape index (κ1) is 19.1. The van der Waals surface area contributed by atoms with Gasteiger partial charge in [-0.25, -0.2) is 8.78 Å². The van der Waals surface area contributed by atoms with E-state index in [2.05, 4.69) is 5.32 Å². The highest BCUT2D eigenvalue weighted by atomic mass is 35.5. The number of carbonyl (C=O) groups is 1. The third-order valence-electron chi connectivity index (χ3n) is 3.77. The van der Waals surface area contributed by atoms with E-state index in [0.29, 0.717) is 23.9 Å². The lowest BCUT2D eigenvalue weighted by Gasteiger charge is -2.24. The van der Waals surface area contributed by atoms with E-state index in [1.165, 1.54) is 6.07 Å². The van der Waals surface area contributed by atoms with E-state index < -0.39 is 23.6 Å². The lowest BCUT2D eigenvalue weighted by atomic mass is 10.2. The highest BCUT2D eigenvalue weighted by Crippen LogP contribution is 2.23. The molecule has 1 atom stereocenters. The highest BCUT2D eigenvalue weighted by molar-refractivity contribution is 6.32. The fourth-order valence-corrected chi connectivity index (χ4v) is 2.27. The monoisotopic (exact) mass is 368 g/mol. The van der Waals surface area contributed by atoms with Crippen molar-refractivity contribution in [2.45, 2.75) is 13.0 Å². The molecule has 7 heteroatoms. The summed E-state index contributed by atoms with van der Waals surface area (Å²) in [6.45, 7) is 2.49. The summed E-state index contributed by atoms with van der Waals surface area (Å²) in [6, 6.07) is 9.59. The van der Waals surface area contributed by atoms with Crippen LogP contribution in [0.1, 0.15) is 6.92 Å². The molecule has 2 aromatic rings. The van der Waals surface area contributed by atoms with Crippen LogP contribution in [0, 0.1) is 11.6 Å². The number of likely N-dealkylation sites (N-methyl/N-ethyl adjacent to an activating group) is 1. The number of nitrogens with one attached hydrogen (secondary N) is 1. The fourth-order valence-electron chi connectivity index (χ4n) is 2.08. The Morgan fingerprint density at radius 1 is 1.28 bits per heavy atom. The summed E-state index contributed by atoms with van der Waals surface area (Å²) in [7, 11) is 1.75. The molecule has 0 heterocycles. The van der Waals surface area contributed by atoms with E-state index in [9.17, 15) is 13.6 Å². The molecule has 0 fully saturated rings. The van der Waals surface area contributed by atoms with Gasteiger partial charge in [-0.05, 0) is 38.2 Å². The second kappa shape index (κ2) is 8.78. The van der Waals surface area contributed by atoms with E-state index in [1.54, 1.807) is 31.0 Å². The first-order valence-electron chi connectivity index (χ1n) is 7.72. The Labute approximate surface area is 150 Å². The molecule has 0 aliphatic carbocycles. The Morgan fingerprint density at radius 2 is 2.00 bits per heavy atom. The molecular formula is C18H19ClF2N2O2. The SMILES string of the molecule is CC(C(=O)Nc1ccc(F)cc1F)N(C)CCOc1ccccc1Cl. The zero-order valence-corrected chi connectivity index (χ0v) is 14.7. The normalized spacial score (nSPS) is 12.1. The predicted molar refractivity (Wildman–Crippen MR) is 94.0 cm³/mol. The number of hydrogen-bond donors (Lipinski definition) is 1. The van der Waals surface area contributed by atoms with Gasteiger partial charge in [-0.2, -0.15) is 0 Å². The smallest absolute Gasteiger partial charge is 0.241 e. The minimum Gasteiger partial charge on any atom is -0.491 e. The lowest BCUT2D eigenvalue weighted by molar-refractivity contribution is -0.120. The molecule has 0 aliphatic heterocycles. The largest absolute Gasteiger partial charge is 0.491 e. The fraction of sp³-hybridized carbons (Fsp3) is 0.278. The molecular weight excluding hydrogens is 350 g/mol. The van der Waals surface area contributed by atoms with Gasteiger partial charge >= 0.3 is 0 Å². The van der Waals surface area contributed by atoms with Gasteiger partial charge in [0, 0.05) is 12.6 Å². The summed E-state index contributed by atoms with van der Waals surface area (Å²) >= 11 is 6.00. The maximum Gasteiger partial charge on any atom is 0.241 e. The number of amides is 1. The Balaban J connectivity index is 1.85. The molecule has 1 N–H and O–H groups in total. The van der Waals surface area contributed by atoms with Gasteiger partial charge in [0.05, 0.1) is 16.8 Å². The van der Waals surface area contributed by atoms with Gasteiger partial charge < -0.3 is 10.1 Å². The number of halogens is 3. The Kier molecular flexibility index (Phi) is 6.73. The van der Waals surface area contributed by atoms with Crippen LogP contribution >= 0.6 is 11.6 Å². The molecule has 0 saturated carbocycles. The van der Waals surface area contributed by atoms with Crippen LogP contribution in [0.15, 0.2) is 42.5 Å². The van der Waals surface area contributed by atoms with Crippen molar-refractivity contribution in [1.82, 2.24) is 4.90 Å². The van der Waals surface area contributed by atoms with Gasteiger partial charge in [0.15, 0.2) is 0 Å². The van der Waals surface area contributed by atoms with Gasteiger partial charge in [-0.1, -0.05) is 23.7 Å². The van der Waals surface area contributed by atoms with Crippen molar-refractivity contribution in [3.05, 3.63) is 59.1 Å². The maximum atomic E-state index is 13.6. The van der Waals surface area contributed by atoms with Crippen molar-refractivity contribution in [2.24, 2.45) is 0 Å². The number of nitrogens with zero attached hydrogens (tertiary/aromatic N) is 1. The van der Waals surface area contributed by atoms with Gasteiger partial charge in [0.25, 0.3) is 0 Å². The maximum absolute atomic E-state index is 13.6. The van der Waals surface area contributed by atoms with E-state index in [-0.39, 0.29) is 5.69 Å². The Bertz CT molecular complexity index is 743. The molecule has 0 aliphatic rings. The van der Waals surface area contributed by atoms with Crippen LogP contribution in [-0.2, 0) is 4.79 Å². The van der Waals surface area contributed by atoms with Crippen molar-refractivity contribution < 1.29 is 18.3 Å². The topological polar surface area (TPSA) is 41.6 Å². The third-order valence-corrected chi connectivity index (χ3v) is 4.08. The van der Waals surface area contributed by atoms with Crippen LogP contribution in [0.25, 0.3) is 0 Å². The molecule has 0 aromatic heterocycles. The zero-order chi connectivity index (χ0) is 18.4. The van der Waals surface area contributed by atoms with E-state index in [1.807, 2.05) is 12.1 Å². The van der Waals surface area contributed by atoms with Crippen molar-refractivity contribution in [2.75, 3.05) is 25.5 Å². The lowest BCUT2D eigenvalue weighted by Crippen LogP contribution is -2.41. The summed E-state index contributed by atoms with van der Waals surface area (Å²) in [5.74, 6) is -1.34. The number of benzene rings is 2. The summed E-state index contributed by atoms with van der Waals surface area (Å²) in [4.78, 5) is 14.0. The van der Waals surface area contributed by atoms with Gasteiger partial charge in [-0.3, -0.25) is 9.69 Å². The second-order valence-corrected chi connectivity index (χ2v) is 5.96. The molecule has 25 heavy (non-hydrogen) atoms. The van der Waals surface area contributed by atoms with Crippen LogP contribution in [0.2, 0.25) is 5.02 Å². The molecule has 4 nitrogen and oxygen atoms in total. The number of para-hydroxylation sites is 1. The molecule has 0 radical (unpaired) electrons. The summed E-state index contributed by atoms with van der Waals surface area (Å²) in [6.07, 6.45) is 0. The first-order chi connectivity index (χ1) is 11.9. The molecule has 0 spiro atoms. The molecule has 134 valence electrons. The van der Waals surface area contributed by atoms with Crippen molar-refractivity contribution in [1.29, 1.82) is 0 Å². The van der Waals surface area contributed by atoms with Crippen LogP contribution in [0.5, 0.6) is 5.75 Å². The van der Waals surface area contributed by atoms with E-state index >= 15 is 0 Å². The number of carbonyl (C=O) groups excluding carboxylic acids is 1.